The van der Waals surface area contributed by atoms with Crippen LogP contribution in [0.15, 0.2) is 18.3 Å². The van der Waals surface area contributed by atoms with E-state index < -0.39 is 5.95 Å². The number of halogens is 1. The zero-order valence-electron chi connectivity index (χ0n) is 9.90. The minimum Gasteiger partial charge on any atom is -0.242 e. The van der Waals surface area contributed by atoms with Crippen LogP contribution in [-0.4, -0.2) is 20.6 Å². The molecule has 0 N–H and O–H groups in total. The van der Waals surface area contributed by atoms with Gasteiger partial charge in [-0.25, -0.2) is 9.29 Å². The van der Waals surface area contributed by atoms with Gasteiger partial charge in [0.1, 0.15) is 0 Å². The standard InChI is InChI=1S/C12H17FN2S/c1-12(2,3)16-15-7-6-10(15)9-4-5-11(13)14-8-9/h4-5,8,10H,6-7H2,1-3H3. The number of aromatic nitrogens is 1. The predicted molar refractivity (Wildman–Crippen MR) is 65.6 cm³/mol. The highest BCUT2D eigenvalue weighted by Crippen LogP contribution is 2.42. The van der Waals surface area contributed by atoms with Crippen molar-refractivity contribution in [2.75, 3.05) is 6.54 Å². The fourth-order valence-electron chi connectivity index (χ4n) is 1.74. The number of pyridine rings is 1. The molecule has 0 aliphatic carbocycles. The van der Waals surface area contributed by atoms with Crippen molar-refractivity contribution in [3.05, 3.63) is 29.8 Å². The summed E-state index contributed by atoms with van der Waals surface area (Å²) < 4.78 is 15.3. The van der Waals surface area contributed by atoms with Crippen molar-refractivity contribution < 1.29 is 4.39 Å². The van der Waals surface area contributed by atoms with Crippen molar-refractivity contribution in [2.24, 2.45) is 0 Å². The first-order valence-electron chi connectivity index (χ1n) is 5.53. The summed E-state index contributed by atoms with van der Waals surface area (Å²) in [6, 6.07) is 3.67. The van der Waals surface area contributed by atoms with Crippen LogP contribution in [0.1, 0.15) is 38.8 Å². The Morgan fingerprint density at radius 2 is 2.19 bits per heavy atom. The van der Waals surface area contributed by atoms with E-state index in [-0.39, 0.29) is 4.75 Å². The van der Waals surface area contributed by atoms with E-state index in [0.29, 0.717) is 6.04 Å². The van der Waals surface area contributed by atoms with Gasteiger partial charge in [0, 0.05) is 23.5 Å². The summed E-state index contributed by atoms with van der Waals surface area (Å²) >= 11 is 1.86. The molecule has 4 heteroatoms. The van der Waals surface area contributed by atoms with Gasteiger partial charge in [-0.3, -0.25) is 0 Å². The van der Waals surface area contributed by atoms with Gasteiger partial charge in [-0.05, 0) is 38.8 Å². The molecule has 88 valence electrons. The summed E-state index contributed by atoms with van der Waals surface area (Å²) in [7, 11) is 0. The second-order valence-corrected chi connectivity index (χ2v) is 6.94. The highest BCUT2D eigenvalue weighted by Gasteiger charge is 2.33. The van der Waals surface area contributed by atoms with Gasteiger partial charge >= 0.3 is 0 Å². The summed E-state index contributed by atoms with van der Waals surface area (Å²) in [5.41, 5.74) is 1.12. The Bertz CT molecular complexity index is 358. The van der Waals surface area contributed by atoms with Crippen LogP contribution in [0.25, 0.3) is 0 Å². The van der Waals surface area contributed by atoms with E-state index in [1.54, 1.807) is 6.20 Å². The first-order chi connectivity index (χ1) is 7.46. The van der Waals surface area contributed by atoms with Crippen LogP contribution in [0.5, 0.6) is 0 Å². The molecule has 1 aliphatic rings. The number of hydrogen-bond donors (Lipinski definition) is 0. The molecule has 0 amide bonds. The Hall–Kier alpha value is -0.610. The minimum atomic E-state index is -0.405. The average Bonchev–Trinajstić information content (AvgIpc) is 2.15. The molecule has 0 spiro atoms. The van der Waals surface area contributed by atoms with E-state index in [2.05, 4.69) is 30.1 Å². The maximum atomic E-state index is 12.7. The van der Waals surface area contributed by atoms with Crippen LogP contribution in [0.2, 0.25) is 0 Å². The van der Waals surface area contributed by atoms with Crippen molar-refractivity contribution in [3.63, 3.8) is 0 Å². The van der Waals surface area contributed by atoms with Crippen LogP contribution in [-0.2, 0) is 0 Å². The second-order valence-electron chi connectivity index (χ2n) is 5.06. The third-order valence-electron chi connectivity index (χ3n) is 2.50. The molecule has 2 rings (SSSR count). The third-order valence-corrected chi connectivity index (χ3v) is 3.72. The van der Waals surface area contributed by atoms with E-state index in [0.717, 1.165) is 18.5 Å². The zero-order valence-corrected chi connectivity index (χ0v) is 10.7. The van der Waals surface area contributed by atoms with Crippen molar-refractivity contribution in [1.82, 2.24) is 9.29 Å². The maximum Gasteiger partial charge on any atom is 0.212 e. The average molecular weight is 240 g/mol. The third kappa shape index (κ3) is 2.74. The molecule has 2 nitrogen and oxygen atoms in total. The second kappa shape index (κ2) is 4.34. The Kier molecular flexibility index (Phi) is 3.22. The lowest BCUT2D eigenvalue weighted by molar-refractivity contribution is 0.220. The molecule has 1 atom stereocenters. The van der Waals surface area contributed by atoms with Crippen LogP contribution < -0.4 is 0 Å². The van der Waals surface area contributed by atoms with E-state index in [9.17, 15) is 4.39 Å². The Labute approximate surface area is 100 Å². The molecule has 0 radical (unpaired) electrons. The highest BCUT2D eigenvalue weighted by molar-refractivity contribution is 7.98. The molecule has 1 aromatic heterocycles. The Balaban J connectivity index is 2.03. The molecule has 0 aromatic carbocycles. The van der Waals surface area contributed by atoms with Gasteiger partial charge in [-0.2, -0.15) is 4.39 Å². The fraction of sp³-hybridized carbons (Fsp3) is 0.583. The summed E-state index contributed by atoms with van der Waals surface area (Å²) in [6.45, 7) is 7.71. The van der Waals surface area contributed by atoms with Crippen LogP contribution in [0.3, 0.4) is 0 Å². The van der Waals surface area contributed by atoms with Crippen LogP contribution in [0, 0.1) is 5.95 Å². The summed E-state index contributed by atoms with van der Waals surface area (Å²) in [4.78, 5) is 3.71. The largest absolute Gasteiger partial charge is 0.242 e. The Morgan fingerprint density at radius 1 is 1.44 bits per heavy atom. The lowest BCUT2D eigenvalue weighted by atomic mass is 10.00. The fourth-order valence-corrected chi connectivity index (χ4v) is 3.00. The van der Waals surface area contributed by atoms with Crippen LogP contribution >= 0.6 is 11.9 Å². The van der Waals surface area contributed by atoms with Crippen molar-refractivity contribution in [3.8, 4) is 0 Å². The van der Waals surface area contributed by atoms with Crippen molar-refractivity contribution in [1.29, 1.82) is 0 Å². The van der Waals surface area contributed by atoms with Gasteiger partial charge < -0.3 is 0 Å². The highest BCUT2D eigenvalue weighted by atomic mass is 32.2. The molecule has 1 aromatic rings. The van der Waals surface area contributed by atoms with Gasteiger partial charge in [0.05, 0.1) is 0 Å². The first-order valence-corrected chi connectivity index (χ1v) is 6.30. The molecule has 16 heavy (non-hydrogen) atoms. The van der Waals surface area contributed by atoms with Crippen molar-refractivity contribution >= 4 is 11.9 Å². The SMILES string of the molecule is CC(C)(C)SN1CCC1c1ccc(F)nc1. The monoisotopic (exact) mass is 240 g/mol. The summed E-state index contributed by atoms with van der Waals surface area (Å²) in [5.74, 6) is -0.405. The van der Waals surface area contributed by atoms with Crippen LogP contribution in [0.4, 0.5) is 4.39 Å². The lowest BCUT2D eigenvalue weighted by Crippen LogP contribution is -2.38. The normalized spacial score (nSPS) is 21.9. The molecule has 1 aliphatic heterocycles. The smallest absolute Gasteiger partial charge is 0.212 e. The molecule has 2 heterocycles. The predicted octanol–water partition coefficient (Wildman–Crippen LogP) is 3.41. The van der Waals surface area contributed by atoms with Gasteiger partial charge in [-0.1, -0.05) is 18.0 Å². The Morgan fingerprint density at radius 3 is 2.62 bits per heavy atom. The molecule has 1 unspecified atom stereocenters. The first kappa shape index (κ1) is 11.9. The van der Waals surface area contributed by atoms with E-state index in [1.165, 1.54) is 6.07 Å². The van der Waals surface area contributed by atoms with E-state index >= 15 is 0 Å². The topological polar surface area (TPSA) is 16.1 Å². The summed E-state index contributed by atoms with van der Waals surface area (Å²) in [5, 5.41) is 0. The molecule has 1 saturated heterocycles. The van der Waals surface area contributed by atoms with Crippen molar-refractivity contribution in [2.45, 2.75) is 38.0 Å². The van der Waals surface area contributed by atoms with Gasteiger partial charge in [0.25, 0.3) is 0 Å². The van der Waals surface area contributed by atoms with Gasteiger partial charge in [0.15, 0.2) is 0 Å². The van der Waals surface area contributed by atoms with Gasteiger partial charge in [0.2, 0.25) is 5.95 Å². The number of nitrogens with zero attached hydrogens (tertiary/aromatic N) is 2. The number of hydrogen-bond acceptors (Lipinski definition) is 3. The molecular formula is C12H17FN2S. The van der Waals surface area contributed by atoms with E-state index in [1.807, 2.05) is 18.0 Å². The van der Waals surface area contributed by atoms with Gasteiger partial charge in [-0.15, -0.1) is 0 Å². The maximum absolute atomic E-state index is 12.7. The number of rotatable bonds is 2. The minimum absolute atomic E-state index is 0.228. The molecule has 1 fully saturated rings. The molecule has 0 saturated carbocycles. The van der Waals surface area contributed by atoms with E-state index in [4.69, 9.17) is 0 Å². The summed E-state index contributed by atoms with van der Waals surface area (Å²) in [6.07, 6.45) is 2.78. The quantitative estimate of drug-likeness (QED) is 0.582. The molecule has 0 bridgehead atoms. The lowest BCUT2D eigenvalue weighted by Gasteiger charge is -2.43. The zero-order chi connectivity index (χ0) is 11.8. The molecular weight excluding hydrogens is 223 g/mol.